The summed E-state index contributed by atoms with van der Waals surface area (Å²) < 4.78 is 0. The smallest absolute Gasteiger partial charge is 0.0451 e. The topological polar surface area (TPSA) is 6.48 Å². The molecule has 0 atom stereocenters. The van der Waals surface area contributed by atoms with Crippen LogP contribution in [-0.4, -0.2) is 42.0 Å². The number of piperazine rings is 1. The fraction of sp³-hybridized carbons (Fsp3) is 0.571. The van der Waals surface area contributed by atoms with Crippen molar-refractivity contribution < 1.29 is 0 Å². The van der Waals surface area contributed by atoms with Gasteiger partial charge in [-0.3, -0.25) is 9.80 Å². The van der Waals surface area contributed by atoms with E-state index in [0.717, 1.165) is 24.7 Å². The van der Waals surface area contributed by atoms with Crippen molar-refractivity contribution in [3.05, 3.63) is 34.9 Å². The Morgan fingerprint density at radius 1 is 1.12 bits per heavy atom. The van der Waals surface area contributed by atoms with Crippen molar-refractivity contribution in [2.75, 3.05) is 26.2 Å². The molecular weight excluding hydrogens is 232 g/mol. The molecule has 0 bridgehead atoms. The molecular formula is C14H21ClN2. The van der Waals surface area contributed by atoms with Gasteiger partial charge in [0.15, 0.2) is 0 Å². The van der Waals surface area contributed by atoms with Gasteiger partial charge in [0.05, 0.1) is 0 Å². The second-order valence-corrected chi connectivity index (χ2v) is 5.40. The van der Waals surface area contributed by atoms with Crippen LogP contribution in [0.15, 0.2) is 24.3 Å². The number of halogens is 1. The van der Waals surface area contributed by atoms with Crippen LogP contribution < -0.4 is 0 Å². The molecule has 0 radical (unpaired) electrons. The summed E-state index contributed by atoms with van der Waals surface area (Å²) in [4.78, 5) is 5.02. The van der Waals surface area contributed by atoms with Crippen LogP contribution in [0.2, 0.25) is 5.02 Å². The number of nitrogens with zero attached hydrogens (tertiary/aromatic N) is 2. The molecule has 3 heteroatoms. The van der Waals surface area contributed by atoms with Crippen LogP contribution in [-0.2, 0) is 6.54 Å². The highest BCUT2D eigenvalue weighted by Gasteiger charge is 2.18. The van der Waals surface area contributed by atoms with Gasteiger partial charge in [0.1, 0.15) is 0 Å². The summed E-state index contributed by atoms with van der Waals surface area (Å²) in [6, 6.07) is 8.81. The Balaban J connectivity index is 1.88. The van der Waals surface area contributed by atoms with E-state index in [9.17, 15) is 0 Å². The molecule has 0 unspecified atom stereocenters. The maximum atomic E-state index is 6.19. The van der Waals surface area contributed by atoms with Crippen LogP contribution in [0.1, 0.15) is 19.4 Å². The summed E-state index contributed by atoms with van der Waals surface area (Å²) in [5.74, 6) is 0. The molecule has 1 fully saturated rings. The van der Waals surface area contributed by atoms with Gasteiger partial charge in [-0.2, -0.15) is 0 Å². The van der Waals surface area contributed by atoms with Crippen molar-refractivity contribution in [1.29, 1.82) is 0 Å². The van der Waals surface area contributed by atoms with Gasteiger partial charge in [-0.15, -0.1) is 0 Å². The van der Waals surface area contributed by atoms with Crippen molar-refractivity contribution in [2.45, 2.75) is 26.4 Å². The highest BCUT2D eigenvalue weighted by Crippen LogP contribution is 2.18. The summed E-state index contributed by atoms with van der Waals surface area (Å²) in [7, 11) is 0. The van der Waals surface area contributed by atoms with Crippen LogP contribution in [0.4, 0.5) is 0 Å². The molecule has 0 spiro atoms. The SMILES string of the molecule is CC(C)N1CCN(Cc2ccccc2Cl)CC1. The third-order valence-corrected chi connectivity index (χ3v) is 3.86. The summed E-state index contributed by atoms with van der Waals surface area (Å²) in [5, 5.41) is 0.888. The first kappa shape index (κ1) is 12.9. The van der Waals surface area contributed by atoms with Crippen LogP contribution >= 0.6 is 11.6 Å². The average Bonchev–Trinajstić information content (AvgIpc) is 2.33. The Bertz CT molecular complexity index is 357. The maximum absolute atomic E-state index is 6.19. The van der Waals surface area contributed by atoms with Crippen LogP contribution in [0.5, 0.6) is 0 Å². The molecule has 0 aromatic heterocycles. The summed E-state index contributed by atoms with van der Waals surface area (Å²) in [6.07, 6.45) is 0. The third-order valence-electron chi connectivity index (χ3n) is 3.49. The molecule has 0 saturated carbocycles. The second kappa shape index (κ2) is 5.85. The van der Waals surface area contributed by atoms with E-state index in [-0.39, 0.29) is 0 Å². The monoisotopic (exact) mass is 252 g/mol. The molecule has 1 saturated heterocycles. The predicted molar refractivity (Wildman–Crippen MR) is 73.4 cm³/mol. The van der Waals surface area contributed by atoms with E-state index in [0.29, 0.717) is 6.04 Å². The largest absolute Gasteiger partial charge is 0.298 e. The van der Waals surface area contributed by atoms with E-state index in [1.54, 1.807) is 0 Å². The summed E-state index contributed by atoms with van der Waals surface area (Å²) >= 11 is 6.19. The van der Waals surface area contributed by atoms with E-state index >= 15 is 0 Å². The van der Waals surface area contributed by atoms with Crippen molar-refractivity contribution in [2.24, 2.45) is 0 Å². The number of hydrogen-bond acceptors (Lipinski definition) is 2. The lowest BCUT2D eigenvalue weighted by Crippen LogP contribution is -2.48. The second-order valence-electron chi connectivity index (χ2n) is 5.00. The Labute approximate surface area is 109 Å². The van der Waals surface area contributed by atoms with Crippen molar-refractivity contribution in [3.8, 4) is 0 Å². The van der Waals surface area contributed by atoms with Crippen LogP contribution in [0.3, 0.4) is 0 Å². The van der Waals surface area contributed by atoms with E-state index in [1.165, 1.54) is 18.7 Å². The van der Waals surface area contributed by atoms with Gasteiger partial charge in [-0.1, -0.05) is 29.8 Å². The molecule has 1 aliphatic rings. The lowest BCUT2D eigenvalue weighted by Gasteiger charge is -2.37. The number of hydrogen-bond donors (Lipinski definition) is 0. The molecule has 94 valence electrons. The first-order chi connectivity index (χ1) is 8.16. The normalized spacial score (nSPS) is 18.8. The zero-order valence-electron chi connectivity index (χ0n) is 10.7. The van der Waals surface area contributed by atoms with Gasteiger partial charge in [0.25, 0.3) is 0 Å². The summed E-state index contributed by atoms with van der Waals surface area (Å²) in [5.41, 5.74) is 1.24. The lowest BCUT2D eigenvalue weighted by molar-refractivity contribution is 0.104. The first-order valence-corrected chi connectivity index (χ1v) is 6.74. The zero-order valence-corrected chi connectivity index (χ0v) is 11.5. The molecule has 1 heterocycles. The average molecular weight is 253 g/mol. The Hall–Kier alpha value is -0.570. The van der Waals surface area contributed by atoms with Gasteiger partial charge >= 0.3 is 0 Å². The van der Waals surface area contributed by atoms with Gasteiger partial charge in [0.2, 0.25) is 0 Å². The highest BCUT2D eigenvalue weighted by molar-refractivity contribution is 6.31. The van der Waals surface area contributed by atoms with Crippen LogP contribution in [0, 0.1) is 0 Å². The Morgan fingerprint density at radius 3 is 2.35 bits per heavy atom. The Kier molecular flexibility index (Phi) is 4.43. The molecule has 1 aromatic carbocycles. The minimum absolute atomic E-state index is 0.664. The molecule has 2 nitrogen and oxygen atoms in total. The highest BCUT2D eigenvalue weighted by atomic mass is 35.5. The van der Waals surface area contributed by atoms with Crippen molar-refractivity contribution >= 4 is 11.6 Å². The number of benzene rings is 1. The molecule has 0 aliphatic carbocycles. The quantitative estimate of drug-likeness (QED) is 0.816. The molecule has 0 amide bonds. The van der Waals surface area contributed by atoms with Gasteiger partial charge in [0, 0.05) is 43.8 Å². The van der Waals surface area contributed by atoms with Gasteiger partial charge < -0.3 is 0 Å². The van der Waals surface area contributed by atoms with E-state index in [4.69, 9.17) is 11.6 Å². The van der Waals surface area contributed by atoms with Crippen LogP contribution in [0.25, 0.3) is 0 Å². The number of rotatable bonds is 3. The molecule has 17 heavy (non-hydrogen) atoms. The third kappa shape index (κ3) is 3.44. The minimum Gasteiger partial charge on any atom is -0.298 e. The first-order valence-electron chi connectivity index (χ1n) is 6.36. The lowest BCUT2D eigenvalue weighted by atomic mass is 10.2. The fourth-order valence-electron chi connectivity index (χ4n) is 2.31. The fourth-order valence-corrected chi connectivity index (χ4v) is 2.50. The van der Waals surface area contributed by atoms with Crippen molar-refractivity contribution in [1.82, 2.24) is 9.80 Å². The van der Waals surface area contributed by atoms with Gasteiger partial charge in [-0.25, -0.2) is 0 Å². The van der Waals surface area contributed by atoms with E-state index < -0.39 is 0 Å². The molecule has 0 N–H and O–H groups in total. The standard InChI is InChI=1S/C14H21ClN2/c1-12(2)17-9-7-16(8-10-17)11-13-5-3-4-6-14(13)15/h3-6,12H,7-11H2,1-2H3. The van der Waals surface area contributed by atoms with Crippen molar-refractivity contribution in [3.63, 3.8) is 0 Å². The van der Waals surface area contributed by atoms with E-state index in [1.807, 2.05) is 12.1 Å². The predicted octanol–water partition coefficient (Wildman–Crippen LogP) is 2.87. The minimum atomic E-state index is 0.664. The summed E-state index contributed by atoms with van der Waals surface area (Å²) in [6.45, 7) is 10.1. The van der Waals surface area contributed by atoms with Gasteiger partial charge in [-0.05, 0) is 25.5 Å². The molecule has 2 rings (SSSR count). The van der Waals surface area contributed by atoms with E-state index in [2.05, 4.69) is 35.8 Å². The Morgan fingerprint density at radius 2 is 1.76 bits per heavy atom. The maximum Gasteiger partial charge on any atom is 0.0451 e. The molecule has 1 aromatic rings. The zero-order chi connectivity index (χ0) is 12.3. The molecule has 1 aliphatic heterocycles.